The Balaban J connectivity index is 1.56. The molecule has 0 spiro atoms. The fraction of sp³-hybridized carbons (Fsp3) is 0.778. The summed E-state index contributed by atoms with van der Waals surface area (Å²) in [6.45, 7) is 5.60. The first-order valence-electron chi connectivity index (χ1n) is 9.79. The minimum atomic E-state index is -0.144. The molecule has 1 aliphatic carbocycles. The van der Waals surface area contributed by atoms with Crippen molar-refractivity contribution in [3.8, 4) is 0 Å². The van der Waals surface area contributed by atoms with Crippen molar-refractivity contribution in [3.05, 3.63) is 28.0 Å². The number of ether oxygens (including phenoxy) is 1. The average molecular weight is 361 g/mol. The molecule has 1 saturated carbocycles. The Hall–Kier alpha value is -1.96. The molecule has 1 aliphatic heterocycles. The van der Waals surface area contributed by atoms with Gasteiger partial charge in [-0.15, -0.1) is 0 Å². The van der Waals surface area contributed by atoms with E-state index in [-0.39, 0.29) is 18.3 Å². The molecular weight excluding hydrogens is 334 g/mol. The van der Waals surface area contributed by atoms with Crippen LogP contribution in [0.4, 0.5) is 0 Å². The van der Waals surface area contributed by atoms with Crippen LogP contribution in [-0.4, -0.2) is 31.1 Å². The van der Waals surface area contributed by atoms with E-state index in [1.54, 1.807) is 4.57 Å². The van der Waals surface area contributed by atoms with Gasteiger partial charge < -0.3 is 9.26 Å². The van der Waals surface area contributed by atoms with Crippen LogP contribution >= 0.6 is 0 Å². The topological polar surface area (TPSA) is 88.0 Å². The van der Waals surface area contributed by atoms with E-state index in [1.165, 1.54) is 23.9 Å². The maximum Gasteiger partial charge on any atom is 0.346 e. The van der Waals surface area contributed by atoms with Crippen molar-refractivity contribution in [2.24, 2.45) is 5.92 Å². The Morgan fingerprint density at radius 2 is 2.00 bits per heavy atom. The summed E-state index contributed by atoms with van der Waals surface area (Å²) in [5, 5.41) is 8.63. The minimum Gasteiger partial charge on any atom is -0.370 e. The van der Waals surface area contributed by atoms with Gasteiger partial charge in [0.1, 0.15) is 12.6 Å². The lowest BCUT2D eigenvalue weighted by Crippen LogP contribution is -2.26. The smallest absolute Gasteiger partial charge is 0.346 e. The lowest BCUT2D eigenvalue weighted by Gasteiger charge is -2.17. The summed E-state index contributed by atoms with van der Waals surface area (Å²) < 4.78 is 14.4. The molecule has 0 radical (unpaired) electrons. The van der Waals surface area contributed by atoms with Gasteiger partial charge in [-0.1, -0.05) is 31.3 Å². The van der Waals surface area contributed by atoms with Crippen LogP contribution in [0.15, 0.2) is 9.32 Å². The molecule has 0 aromatic carbocycles. The zero-order valence-electron chi connectivity index (χ0n) is 15.6. The highest BCUT2D eigenvalue weighted by Gasteiger charge is 2.32. The Bertz CT molecular complexity index is 802. The van der Waals surface area contributed by atoms with Gasteiger partial charge in [-0.05, 0) is 32.1 Å². The van der Waals surface area contributed by atoms with E-state index in [9.17, 15) is 4.79 Å². The molecule has 0 N–H and O–H groups in total. The van der Waals surface area contributed by atoms with Crippen molar-refractivity contribution >= 4 is 0 Å². The first-order chi connectivity index (χ1) is 12.7. The summed E-state index contributed by atoms with van der Waals surface area (Å²) in [4.78, 5) is 17.2. The lowest BCUT2D eigenvalue weighted by molar-refractivity contribution is 0.0836. The second-order valence-corrected chi connectivity index (χ2v) is 7.48. The summed E-state index contributed by atoms with van der Waals surface area (Å²) in [5.74, 6) is 2.64. The molecule has 3 heterocycles. The Labute approximate surface area is 152 Å². The molecular formula is C18H27N5O3. The summed E-state index contributed by atoms with van der Waals surface area (Å²) in [5.41, 5.74) is -0.144. The van der Waals surface area contributed by atoms with E-state index in [0.29, 0.717) is 42.5 Å². The molecule has 2 aromatic heterocycles. The third-order valence-corrected chi connectivity index (χ3v) is 5.64. The fourth-order valence-electron chi connectivity index (χ4n) is 4.08. The van der Waals surface area contributed by atoms with E-state index < -0.39 is 0 Å². The van der Waals surface area contributed by atoms with Gasteiger partial charge in [-0.2, -0.15) is 10.1 Å². The molecule has 8 nitrogen and oxygen atoms in total. The summed E-state index contributed by atoms with van der Waals surface area (Å²) >= 11 is 0. The number of nitrogens with zero attached hydrogens (tertiary/aromatic N) is 5. The van der Waals surface area contributed by atoms with Gasteiger partial charge in [0.2, 0.25) is 5.89 Å². The second kappa shape index (κ2) is 7.34. The van der Waals surface area contributed by atoms with E-state index in [2.05, 4.69) is 22.2 Å². The summed E-state index contributed by atoms with van der Waals surface area (Å²) in [6, 6.07) is 0. The van der Waals surface area contributed by atoms with Crippen molar-refractivity contribution in [2.75, 3.05) is 6.61 Å². The zero-order valence-corrected chi connectivity index (χ0v) is 15.6. The summed E-state index contributed by atoms with van der Waals surface area (Å²) in [6.07, 6.45) is 6.79. The molecule has 142 valence electrons. The number of hydrogen-bond donors (Lipinski definition) is 0. The van der Waals surface area contributed by atoms with Gasteiger partial charge in [0.25, 0.3) is 0 Å². The van der Waals surface area contributed by atoms with Crippen LogP contribution in [0.25, 0.3) is 0 Å². The van der Waals surface area contributed by atoms with E-state index in [1.807, 2.05) is 6.92 Å². The van der Waals surface area contributed by atoms with Crippen LogP contribution in [0, 0.1) is 5.92 Å². The molecule has 0 bridgehead atoms. The van der Waals surface area contributed by atoms with Gasteiger partial charge in [-0.25, -0.2) is 9.48 Å². The highest BCUT2D eigenvalue weighted by atomic mass is 16.5. The highest BCUT2D eigenvalue weighted by molar-refractivity contribution is 5.00. The van der Waals surface area contributed by atoms with Crippen LogP contribution in [-0.2, 0) is 17.8 Å². The Morgan fingerprint density at radius 3 is 2.69 bits per heavy atom. The summed E-state index contributed by atoms with van der Waals surface area (Å²) in [7, 11) is 0. The van der Waals surface area contributed by atoms with E-state index in [0.717, 1.165) is 19.3 Å². The number of aromatic nitrogens is 5. The first kappa shape index (κ1) is 17.5. The third kappa shape index (κ3) is 3.22. The van der Waals surface area contributed by atoms with Crippen LogP contribution in [0.3, 0.4) is 0 Å². The van der Waals surface area contributed by atoms with Crippen LogP contribution in [0.2, 0.25) is 0 Å². The number of rotatable bonds is 5. The van der Waals surface area contributed by atoms with Gasteiger partial charge >= 0.3 is 5.69 Å². The highest BCUT2D eigenvalue weighted by Crippen LogP contribution is 2.33. The Morgan fingerprint density at radius 1 is 1.19 bits per heavy atom. The van der Waals surface area contributed by atoms with Crippen LogP contribution in [0.1, 0.15) is 81.9 Å². The standard InChI is InChI=1S/C18H27N5O3/c1-3-22-16(15-12(2)9-10-25-15)20-23(18(22)24)11-14-19-17(26-21-14)13-7-5-4-6-8-13/h12-13,15H,3-11H2,1-2H3/t12-,15+/m1/s1. The monoisotopic (exact) mass is 361 g/mol. The van der Waals surface area contributed by atoms with Crippen LogP contribution in [0.5, 0.6) is 0 Å². The molecule has 2 aliphatic rings. The minimum absolute atomic E-state index is 0.119. The van der Waals surface area contributed by atoms with Crippen molar-refractivity contribution < 1.29 is 9.26 Å². The van der Waals surface area contributed by atoms with Crippen molar-refractivity contribution in [2.45, 2.75) is 77.5 Å². The predicted molar refractivity (Wildman–Crippen MR) is 93.9 cm³/mol. The molecule has 0 unspecified atom stereocenters. The van der Waals surface area contributed by atoms with Crippen molar-refractivity contribution in [1.29, 1.82) is 0 Å². The van der Waals surface area contributed by atoms with E-state index >= 15 is 0 Å². The van der Waals surface area contributed by atoms with Gasteiger partial charge in [0, 0.05) is 19.1 Å². The lowest BCUT2D eigenvalue weighted by atomic mass is 9.89. The first-order valence-corrected chi connectivity index (χ1v) is 9.79. The van der Waals surface area contributed by atoms with Crippen molar-refractivity contribution in [1.82, 2.24) is 24.5 Å². The zero-order chi connectivity index (χ0) is 18.1. The normalized spacial score (nSPS) is 24.4. The number of hydrogen-bond acceptors (Lipinski definition) is 6. The van der Waals surface area contributed by atoms with Gasteiger partial charge in [0.15, 0.2) is 11.6 Å². The third-order valence-electron chi connectivity index (χ3n) is 5.64. The molecule has 4 rings (SSSR count). The molecule has 2 atom stereocenters. The molecule has 1 saturated heterocycles. The van der Waals surface area contributed by atoms with Crippen LogP contribution < -0.4 is 5.69 Å². The van der Waals surface area contributed by atoms with Crippen molar-refractivity contribution in [3.63, 3.8) is 0 Å². The molecule has 8 heteroatoms. The van der Waals surface area contributed by atoms with Gasteiger partial charge in [-0.3, -0.25) is 4.57 Å². The Kier molecular flexibility index (Phi) is 4.93. The SMILES string of the molecule is CCn1c([C@H]2OCC[C@H]2C)nn(Cc2noc(C3CCCCC3)n2)c1=O. The second-order valence-electron chi connectivity index (χ2n) is 7.48. The molecule has 0 amide bonds. The maximum atomic E-state index is 12.7. The van der Waals surface area contributed by atoms with Gasteiger partial charge in [0.05, 0.1) is 0 Å². The quantitative estimate of drug-likeness (QED) is 0.813. The molecule has 26 heavy (non-hydrogen) atoms. The molecule has 2 fully saturated rings. The maximum absolute atomic E-state index is 12.7. The predicted octanol–water partition coefficient (Wildman–Crippen LogP) is 2.64. The van der Waals surface area contributed by atoms with E-state index in [4.69, 9.17) is 9.26 Å². The molecule has 2 aromatic rings. The fourth-order valence-corrected chi connectivity index (χ4v) is 4.08. The average Bonchev–Trinajstić information content (AvgIpc) is 3.36. The largest absolute Gasteiger partial charge is 0.370 e.